The highest BCUT2D eigenvalue weighted by Crippen LogP contribution is 2.29. The monoisotopic (exact) mass is 576 g/mol. The molecule has 0 aliphatic carbocycles. The fraction of sp³-hybridized carbons (Fsp3) is 0.548. The summed E-state index contributed by atoms with van der Waals surface area (Å²) < 4.78 is 35.6. The molecule has 0 aliphatic heterocycles. The van der Waals surface area contributed by atoms with Gasteiger partial charge in [-0.25, -0.2) is 0 Å². The zero-order chi connectivity index (χ0) is 28.7. The topological polar surface area (TPSA) is 98.7 Å². The van der Waals surface area contributed by atoms with Gasteiger partial charge in [-0.2, -0.15) is 0 Å². The van der Waals surface area contributed by atoms with E-state index in [1.165, 1.54) is 0 Å². The van der Waals surface area contributed by atoms with Crippen LogP contribution in [0.3, 0.4) is 0 Å². The van der Waals surface area contributed by atoms with Crippen LogP contribution in [-0.2, 0) is 31.9 Å². The van der Waals surface area contributed by atoms with Crippen molar-refractivity contribution >= 4 is 34.3 Å². The zero-order valence-electron chi connectivity index (χ0n) is 23.8. The van der Waals surface area contributed by atoms with Crippen molar-refractivity contribution in [1.29, 1.82) is 0 Å². The zero-order valence-corrected chi connectivity index (χ0v) is 25.5. The summed E-state index contributed by atoms with van der Waals surface area (Å²) in [4.78, 5) is 24.5. The van der Waals surface area contributed by atoms with Crippen LogP contribution in [0.4, 0.5) is 0 Å². The Kier molecular flexibility index (Phi) is 14.4. The van der Waals surface area contributed by atoms with Crippen LogP contribution < -0.4 is 9.47 Å². The van der Waals surface area contributed by atoms with Crippen LogP contribution in [0.5, 0.6) is 11.5 Å². The Morgan fingerprint density at radius 2 is 0.949 bits per heavy atom. The molecule has 0 amide bonds. The largest absolute Gasteiger partial charge is 0.616 e. The molecular weight excluding hydrogens is 532 g/mol. The van der Waals surface area contributed by atoms with Crippen molar-refractivity contribution in [2.75, 3.05) is 23.0 Å². The van der Waals surface area contributed by atoms with Crippen molar-refractivity contribution in [2.24, 2.45) is 10.8 Å². The molecule has 39 heavy (non-hydrogen) atoms. The van der Waals surface area contributed by atoms with E-state index < -0.39 is 22.4 Å². The second-order valence-corrected chi connectivity index (χ2v) is 14.9. The number of para-hydroxylation sites is 2. The van der Waals surface area contributed by atoms with Crippen molar-refractivity contribution in [3.8, 4) is 11.5 Å². The molecule has 0 saturated carbocycles. The van der Waals surface area contributed by atoms with E-state index in [2.05, 4.69) is 0 Å². The van der Waals surface area contributed by atoms with Gasteiger partial charge in [0.1, 0.15) is 34.5 Å². The van der Waals surface area contributed by atoms with Crippen molar-refractivity contribution in [1.82, 2.24) is 0 Å². The van der Waals surface area contributed by atoms with E-state index in [0.717, 1.165) is 25.7 Å². The van der Waals surface area contributed by atoms with Gasteiger partial charge in [-0.15, -0.1) is 0 Å². The fourth-order valence-electron chi connectivity index (χ4n) is 4.28. The van der Waals surface area contributed by atoms with Gasteiger partial charge in [0.15, 0.2) is 0 Å². The minimum absolute atomic E-state index is 0.233. The smallest absolute Gasteiger partial charge is 0.311 e. The summed E-state index contributed by atoms with van der Waals surface area (Å²) >= 11 is -1.92. The van der Waals surface area contributed by atoms with E-state index in [-0.39, 0.29) is 22.8 Å². The molecule has 0 fully saturated rings. The van der Waals surface area contributed by atoms with E-state index in [0.29, 0.717) is 53.8 Å². The Balaban J connectivity index is 1.54. The lowest BCUT2D eigenvalue weighted by molar-refractivity contribution is -0.137. The lowest BCUT2D eigenvalue weighted by atomic mass is 9.85. The predicted octanol–water partition coefficient (Wildman–Crippen LogP) is 6.48. The minimum Gasteiger partial charge on any atom is -0.616 e. The van der Waals surface area contributed by atoms with Crippen molar-refractivity contribution in [3.05, 3.63) is 60.7 Å². The highest BCUT2D eigenvalue weighted by molar-refractivity contribution is 7.92. The third-order valence-corrected chi connectivity index (χ3v) is 9.37. The van der Waals surface area contributed by atoms with Gasteiger partial charge in [-0.05, 0) is 60.8 Å². The molecule has 0 radical (unpaired) electrons. The second kappa shape index (κ2) is 17.0. The normalized spacial score (nSPS) is 13.5. The summed E-state index contributed by atoms with van der Waals surface area (Å²) in [5.41, 5.74) is -0.465. The van der Waals surface area contributed by atoms with Crippen LogP contribution in [0.2, 0.25) is 0 Å². The van der Waals surface area contributed by atoms with Crippen LogP contribution in [0.15, 0.2) is 60.7 Å². The van der Waals surface area contributed by atoms with Crippen LogP contribution in [-0.4, -0.2) is 44.1 Å². The van der Waals surface area contributed by atoms with Gasteiger partial charge in [0, 0.05) is 6.42 Å². The molecule has 0 aliphatic rings. The van der Waals surface area contributed by atoms with Gasteiger partial charge >= 0.3 is 11.9 Å². The van der Waals surface area contributed by atoms with Crippen molar-refractivity contribution < 1.29 is 28.2 Å². The van der Waals surface area contributed by atoms with Gasteiger partial charge in [-0.3, -0.25) is 9.59 Å². The van der Waals surface area contributed by atoms with Crippen LogP contribution in [0, 0.1) is 10.8 Å². The Hall–Kier alpha value is -2.00. The number of hydrogen-bond acceptors (Lipinski definition) is 6. The van der Waals surface area contributed by atoms with Crippen molar-refractivity contribution in [3.63, 3.8) is 0 Å². The molecule has 2 atom stereocenters. The number of hydrogen-bond donors (Lipinski definition) is 0. The average molecular weight is 577 g/mol. The van der Waals surface area contributed by atoms with Crippen LogP contribution >= 0.6 is 0 Å². The molecule has 2 rings (SSSR count). The molecule has 0 spiro atoms. The molecule has 0 N–H and O–H groups in total. The highest BCUT2D eigenvalue weighted by atomic mass is 32.2. The third-order valence-electron chi connectivity index (χ3n) is 6.39. The quantitative estimate of drug-likeness (QED) is 0.114. The van der Waals surface area contributed by atoms with Crippen molar-refractivity contribution in [2.45, 2.75) is 72.6 Å². The number of carbonyl (C=O) groups excluding carboxylic acids is 2. The van der Waals surface area contributed by atoms with Crippen LogP contribution in [0.1, 0.15) is 72.6 Å². The molecular formula is C31H44O6S2. The molecule has 0 aromatic heterocycles. The Bertz CT molecular complexity index is 902. The lowest BCUT2D eigenvalue weighted by Gasteiger charge is -2.24. The molecule has 2 unspecified atom stereocenters. The van der Waals surface area contributed by atoms with E-state index in [9.17, 15) is 18.7 Å². The number of esters is 2. The van der Waals surface area contributed by atoms with Crippen LogP contribution in [0.25, 0.3) is 0 Å². The Morgan fingerprint density at radius 3 is 1.31 bits per heavy atom. The summed E-state index contributed by atoms with van der Waals surface area (Å²) in [7, 11) is 0. The fourth-order valence-corrected chi connectivity index (χ4v) is 6.74. The molecule has 216 valence electrons. The number of carbonyl (C=O) groups is 2. The first-order chi connectivity index (χ1) is 18.4. The summed E-state index contributed by atoms with van der Waals surface area (Å²) in [5, 5.41) is 0. The van der Waals surface area contributed by atoms with Gasteiger partial charge < -0.3 is 18.6 Å². The third kappa shape index (κ3) is 15.4. The summed E-state index contributed by atoms with van der Waals surface area (Å²) in [6.07, 6.45) is 4.37. The molecule has 0 heterocycles. The first-order valence-electron chi connectivity index (χ1n) is 13.7. The van der Waals surface area contributed by atoms with E-state index in [1.54, 1.807) is 24.3 Å². The van der Waals surface area contributed by atoms with Gasteiger partial charge in [0.05, 0.1) is 12.8 Å². The molecule has 2 aromatic rings. The minimum atomic E-state index is -0.961. The molecule has 0 bridgehead atoms. The van der Waals surface area contributed by atoms with Gasteiger partial charge in [0.25, 0.3) is 0 Å². The maximum absolute atomic E-state index is 12.4. The van der Waals surface area contributed by atoms with Gasteiger partial charge in [0.2, 0.25) is 0 Å². The molecule has 0 saturated heterocycles. The number of rotatable bonds is 18. The standard InChI is InChI=1S/C31H44O6S2/c1-30(2,24-28(32)36-26-14-7-5-8-15-26)18-11-20-38(34)22-13-23-39(35)21-12-19-31(3,4)25-29(33)37-27-16-9-6-10-17-27/h5-10,14-17H,11-13,18-25H2,1-4H3. The second-order valence-electron chi connectivity index (χ2n) is 11.5. The molecule has 8 heteroatoms. The maximum atomic E-state index is 12.4. The summed E-state index contributed by atoms with van der Waals surface area (Å²) in [5.74, 6) is 2.82. The Morgan fingerprint density at radius 1 is 0.615 bits per heavy atom. The average Bonchev–Trinajstić information content (AvgIpc) is 2.84. The SMILES string of the molecule is CC(C)(CCC[S+]([O-])CCC[S+]([O-])CCCC(C)(C)CC(=O)Oc1ccccc1)CC(=O)Oc1ccccc1. The first kappa shape index (κ1) is 33.2. The van der Waals surface area contributed by atoms with E-state index >= 15 is 0 Å². The number of ether oxygens (including phenoxy) is 2. The lowest BCUT2D eigenvalue weighted by Crippen LogP contribution is -2.23. The summed E-state index contributed by atoms with van der Waals surface area (Å²) in [6, 6.07) is 18.1. The van der Waals surface area contributed by atoms with E-state index in [1.807, 2.05) is 64.1 Å². The summed E-state index contributed by atoms with van der Waals surface area (Å²) in [6.45, 7) is 8.11. The Labute approximate surface area is 240 Å². The predicted molar refractivity (Wildman–Crippen MR) is 160 cm³/mol. The molecule has 6 nitrogen and oxygen atoms in total. The first-order valence-corrected chi connectivity index (χ1v) is 16.6. The van der Waals surface area contributed by atoms with E-state index in [4.69, 9.17) is 9.47 Å². The number of benzene rings is 2. The highest BCUT2D eigenvalue weighted by Gasteiger charge is 2.25. The van der Waals surface area contributed by atoms with Gasteiger partial charge in [-0.1, -0.05) is 86.4 Å². The maximum Gasteiger partial charge on any atom is 0.311 e. The molecule has 2 aromatic carbocycles.